The highest BCUT2D eigenvalue weighted by molar-refractivity contribution is 5.37. The fourth-order valence-corrected chi connectivity index (χ4v) is 3.64. The molecular formula is C28H26O6. The molecule has 4 rings (SSSR count). The van der Waals surface area contributed by atoms with E-state index in [1.165, 1.54) is 0 Å². The van der Waals surface area contributed by atoms with Gasteiger partial charge in [0.2, 0.25) is 0 Å². The Morgan fingerprint density at radius 3 is 1.47 bits per heavy atom. The van der Waals surface area contributed by atoms with Crippen LogP contribution in [-0.4, -0.2) is 60.1 Å². The number of benzene rings is 2. The second kappa shape index (κ2) is 12.4. The van der Waals surface area contributed by atoms with Crippen molar-refractivity contribution in [1.82, 2.24) is 0 Å². The van der Waals surface area contributed by atoms with Gasteiger partial charge < -0.3 is 29.2 Å². The average Bonchev–Trinajstić information content (AvgIpc) is 3.41. The summed E-state index contributed by atoms with van der Waals surface area (Å²) >= 11 is 0. The SMILES string of the molecule is O[C@@H]1CO[C@@H](C#CC#CC#C[C@@H]2OC[C@@H](O)[C@@H]2OCc2ccccc2)[C@H]1OCc1ccccc1. The molecular weight excluding hydrogens is 432 g/mol. The predicted octanol–water partition coefficient (Wildman–Crippen LogP) is 1.69. The third-order valence-corrected chi connectivity index (χ3v) is 5.44. The van der Waals surface area contributed by atoms with Gasteiger partial charge in [-0.3, -0.25) is 0 Å². The third-order valence-electron chi connectivity index (χ3n) is 5.44. The molecule has 0 radical (unpaired) electrons. The molecule has 0 amide bonds. The van der Waals surface area contributed by atoms with E-state index in [4.69, 9.17) is 18.9 Å². The second-order valence-electron chi connectivity index (χ2n) is 7.95. The zero-order valence-electron chi connectivity index (χ0n) is 18.6. The van der Waals surface area contributed by atoms with Crippen LogP contribution in [0.1, 0.15) is 11.1 Å². The molecule has 2 saturated heterocycles. The van der Waals surface area contributed by atoms with Crippen LogP contribution in [-0.2, 0) is 32.2 Å². The van der Waals surface area contributed by atoms with Crippen molar-refractivity contribution in [3.05, 3.63) is 71.8 Å². The Morgan fingerprint density at radius 2 is 1.06 bits per heavy atom. The monoisotopic (exact) mass is 458 g/mol. The van der Waals surface area contributed by atoms with Crippen molar-refractivity contribution >= 4 is 0 Å². The zero-order valence-corrected chi connectivity index (χ0v) is 18.6. The van der Waals surface area contributed by atoms with E-state index < -0.39 is 36.6 Å². The van der Waals surface area contributed by atoms with Crippen LogP contribution >= 0.6 is 0 Å². The minimum Gasteiger partial charge on any atom is -0.388 e. The number of aliphatic hydroxyl groups is 2. The lowest BCUT2D eigenvalue weighted by atomic mass is 10.1. The molecule has 0 unspecified atom stereocenters. The maximum atomic E-state index is 10.1. The van der Waals surface area contributed by atoms with E-state index >= 15 is 0 Å². The molecule has 6 atom stereocenters. The highest BCUT2D eigenvalue weighted by atomic mass is 16.6. The van der Waals surface area contributed by atoms with Crippen LogP contribution in [0.2, 0.25) is 0 Å². The molecule has 2 aliphatic rings. The summed E-state index contributed by atoms with van der Waals surface area (Å²) in [6.07, 6.45) is -3.70. The van der Waals surface area contributed by atoms with E-state index in [0.717, 1.165) is 11.1 Å². The lowest BCUT2D eigenvalue weighted by Crippen LogP contribution is -2.32. The molecule has 6 heteroatoms. The summed E-state index contributed by atoms with van der Waals surface area (Å²) in [4.78, 5) is 0. The molecule has 0 aliphatic carbocycles. The molecule has 0 spiro atoms. The zero-order chi connectivity index (χ0) is 23.6. The molecule has 0 bridgehead atoms. The van der Waals surface area contributed by atoms with Gasteiger partial charge in [0.1, 0.15) is 36.6 Å². The van der Waals surface area contributed by atoms with Crippen molar-refractivity contribution in [2.24, 2.45) is 0 Å². The van der Waals surface area contributed by atoms with E-state index in [2.05, 4.69) is 35.5 Å². The second-order valence-corrected chi connectivity index (χ2v) is 7.95. The van der Waals surface area contributed by atoms with E-state index in [9.17, 15) is 10.2 Å². The molecule has 6 nitrogen and oxygen atoms in total. The Balaban J connectivity index is 1.29. The highest BCUT2D eigenvalue weighted by Gasteiger charge is 2.37. The van der Waals surface area contributed by atoms with E-state index in [-0.39, 0.29) is 13.2 Å². The van der Waals surface area contributed by atoms with Gasteiger partial charge >= 0.3 is 0 Å². The van der Waals surface area contributed by atoms with Gasteiger partial charge in [-0.25, -0.2) is 0 Å². The summed E-state index contributed by atoms with van der Waals surface area (Å²) in [7, 11) is 0. The summed E-state index contributed by atoms with van der Waals surface area (Å²) in [5.74, 6) is 16.5. The summed E-state index contributed by atoms with van der Waals surface area (Å²) in [5, 5.41) is 20.3. The molecule has 2 aromatic carbocycles. The molecule has 2 aliphatic heterocycles. The van der Waals surface area contributed by atoms with Gasteiger partial charge in [-0.15, -0.1) is 0 Å². The maximum absolute atomic E-state index is 10.1. The standard InChI is InChI=1S/C28H26O6/c29-23-19-31-25(27(23)33-17-21-11-5-3-6-12-21)15-9-1-2-10-16-26-28(24(30)20-32-26)34-18-22-13-7-4-8-14-22/h3-8,11-14,23-30H,17-20H2/t23-,24-,25+,26+,27+,28+/m1/s1. The number of hydrogen-bond acceptors (Lipinski definition) is 6. The molecule has 34 heavy (non-hydrogen) atoms. The van der Waals surface area contributed by atoms with Gasteiger partial charge in [0.15, 0.2) is 0 Å². The number of rotatable bonds is 6. The molecule has 0 aromatic heterocycles. The Labute approximate surface area is 199 Å². The van der Waals surface area contributed by atoms with Gasteiger partial charge in [0, 0.05) is 0 Å². The normalized spacial score (nSPS) is 27.6. The number of hydrogen-bond donors (Lipinski definition) is 2. The van der Waals surface area contributed by atoms with Crippen LogP contribution in [0.25, 0.3) is 0 Å². The van der Waals surface area contributed by atoms with Gasteiger partial charge in [0.25, 0.3) is 0 Å². The smallest absolute Gasteiger partial charge is 0.148 e. The Morgan fingerprint density at radius 1 is 0.647 bits per heavy atom. The topological polar surface area (TPSA) is 77.4 Å². The summed E-state index contributed by atoms with van der Waals surface area (Å²) in [5.41, 5.74) is 2.02. The summed E-state index contributed by atoms with van der Waals surface area (Å²) < 4.78 is 22.7. The van der Waals surface area contributed by atoms with E-state index in [0.29, 0.717) is 13.2 Å². The van der Waals surface area contributed by atoms with E-state index in [1.54, 1.807) is 0 Å². The first-order chi connectivity index (χ1) is 16.7. The van der Waals surface area contributed by atoms with Crippen molar-refractivity contribution < 1.29 is 29.2 Å². The third kappa shape index (κ3) is 6.70. The summed E-state index contributed by atoms with van der Waals surface area (Å²) in [6, 6.07) is 19.4. The van der Waals surface area contributed by atoms with Crippen LogP contribution in [0.3, 0.4) is 0 Å². The van der Waals surface area contributed by atoms with Crippen LogP contribution < -0.4 is 0 Å². The molecule has 2 aromatic rings. The van der Waals surface area contributed by atoms with Crippen molar-refractivity contribution in [2.75, 3.05) is 13.2 Å². The summed E-state index contributed by atoms with van der Waals surface area (Å²) in [6.45, 7) is 1.06. The van der Waals surface area contributed by atoms with Gasteiger partial charge in [-0.05, 0) is 34.8 Å². The minimum absolute atomic E-state index is 0.164. The lowest BCUT2D eigenvalue weighted by Gasteiger charge is -2.17. The van der Waals surface area contributed by atoms with Gasteiger partial charge in [0.05, 0.1) is 26.4 Å². The number of ether oxygens (including phenoxy) is 4. The molecule has 2 heterocycles. The Bertz CT molecular complexity index is 1010. The highest BCUT2D eigenvalue weighted by Crippen LogP contribution is 2.20. The van der Waals surface area contributed by atoms with Crippen LogP contribution in [0.5, 0.6) is 0 Å². The fraction of sp³-hybridized carbons (Fsp3) is 0.357. The van der Waals surface area contributed by atoms with Crippen molar-refractivity contribution in [1.29, 1.82) is 0 Å². The number of aliphatic hydroxyl groups excluding tert-OH is 2. The van der Waals surface area contributed by atoms with Gasteiger partial charge in [-0.1, -0.05) is 72.5 Å². The minimum atomic E-state index is -0.741. The quantitative estimate of drug-likeness (QED) is 0.642. The lowest BCUT2D eigenvalue weighted by molar-refractivity contribution is -0.0317. The first kappa shape index (κ1) is 24.0. The average molecular weight is 459 g/mol. The molecule has 2 N–H and O–H groups in total. The first-order valence-corrected chi connectivity index (χ1v) is 11.1. The predicted molar refractivity (Wildman–Crippen MR) is 125 cm³/mol. The fourth-order valence-electron chi connectivity index (χ4n) is 3.64. The van der Waals surface area contributed by atoms with Crippen LogP contribution in [0.4, 0.5) is 0 Å². The molecule has 0 saturated carbocycles. The van der Waals surface area contributed by atoms with Crippen molar-refractivity contribution in [2.45, 2.75) is 49.8 Å². The molecule has 174 valence electrons. The van der Waals surface area contributed by atoms with Crippen LogP contribution in [0, 0.1) is 35.5 Å². The van der Waals surface area contributed by atoms with Crippen molar-refractivity contribution in [3.63, 3.8) is 0 Å². The Kier molecular flexibility index (Phi) is 8.74. The largest absolute Gasteiger partial charge is 0.388 e. The van der Waals surface area contributed by atoms with Gasteiger partial charge in [-0.2, -0.15) is 0 Å². The Hall–Kier alpha value is -3.12. The maximum Gasteiger partial charge on any atom is 0.148 e. The van der Waals surface area contributed by atoms with Crippen molar-refractivity contribution in [3.8, 4) is 35.5 Å². The first-order valence-electron chi connectivity index (χ1n) is 11.1. The molecule has 2 fully saturated rings. The van der Waals surface area contributed by atoms with E-state index in [1.807, 2.05) is 60.7 Å². The van der Waals surface area contributed by atoms with Crippen LogP contribution in [0.15, 0.2) is 60.7 Å².